The van der Waals surface area contributed by atoms with E-state index in [1.807, 2.05) is 18.2 Å². The van der Waals surface area contributed by atoms with Gasteiger partial charge in [0.2, 0.25) is 0 Å². The van der Waals surface area contributed by atoms with Gasteiger partial charge in [0.05, 0.1) is 11.3 Å². The number of carboxylic acids is 1. The number of nitrogens with one attached hydrogen (secondary N) is 1. The number of hydrogen-bond donors (Lipinski definition) is 2. The van der Waals surface area contributed by atoms with Gasteiger partial charge < -0.3 is 10.4 Å². The summed E-state index contributed by atoms with van der Waals surface area (Å²) in [5, 5.41) is 12.0. The molecule has 0 bridgehead atoms. The van der Waals surface area contributed by atoms with Gasteiger partial charge in [0.1, 0.15) is 0 Å². The summed E-state index contributed by atoms with van der Waals surface area (Å²) in [7, 11) is 0. The van der Waals surface area contributed by atoms with Crippen LogP contribution in [-0.2, 0) is 12.8 Å². The molecule has 4 nitrogen and oxygen atoms in total. The third kappa shape index (κ3) is 3.11. The lowest BCUT2D eigenvalue weighted by molar-refractivity contribution is 0.0698. The van der Waals surface area contributed by atoms with Gasteiger partial charge in [0, 0.05) is 5.56 Å². The predicted molar refractivity (Wildman–Crippen MR) is 89.2 cm³/mol. The minimum absolute atomic E-state index is 0.108. The Balaban J connectivity index is 1.89. The monoisotopic (exact) mass is 309 g/mol. The van der Waals surface area contributed by atoms with Crippen molar-refractivity contribution in [1.29, 1.82) is 0 Å². The fraction of sp³-hybridized carbons (Fsp3) is 0.263. The highest BCUT2D eigenvalue weighted by Gasteiger charge is 2.17. The van der Waals surface area contributed by atoms with Crippen LogP contribution in [0.2, 0.25) is 0 Å². The number of aromatic carboxylic acids is 1. The summed E-state index contributed by atoms with van der Waals surface area (Å²) < 4.78 is 0. The zero-order valence-corrected chi connectivity index (χ0v) is 13.1. The minimum Gasteiger partial charge on any atom is -0.478 e. The summed E-state index contributed by atoms with van der Waals surface area (Å²) in [6.45, 7) is 1.79. The first-order valence-corrected chi connectivity index (χ1v) is 7.82. The molecule has 1 amide bonds. The van der Waals surface area contributed by atoms with Crippen LogP contribution in [0.25, 0.3) is 0 Å². The summed E-state index contributed by atoms with van der Waals surface area (Å²) in [5.74, 6) is -1.32. The van der Waals surface area contributed by atoms with Crippen molar-refractivity contribution >= 4 is 17.6 Å². The number of hydrogen-bond acceptors (Lipinski definition) is 2. The van der Waals surface area contributed by atoms with Crippen molar-refractivity contribution in [2.24, 2.45) is 0 Å². The van der Waals surface area contributed by atoms with E-state index in [0.717, 1.165) is 24.8 Å². The van der Waals surface area contributed by atoms with Crippen molar-refractivity contribution in [2.45, 2.75) is 32.6 Å². The van der Waals surface area contributed by atoms with E-state index >= 15 is 0 Å². The second-order valence-corrected chi connectivity index (χ2v) is 5.95. The van der Waals surface area contributed by atoms with Gasteiger partial charge in [-0.25, -0.2) is 4.79 Å². The maximum atomic E-state index is 12.5. The molecule has 0 radical (unpaired) electrons. The lowest BCUT2D eigenvalue weighted by atomic mass is 9.90. The molecule has 2 N–H and O–H groups in total. The van der Waals surface area contributed by atoms with Gasteiger partial charge in [-0.05, 0) is 67.5 Å². The van der Waals surface area contributed by atoms with Gasteiger partial charge in [-0.1, -0.05) is 18.2 Å². The Morgan fingerprint density at radius 1 is 1.04 bits per heavy atom. The first kappa shape index (κ1) is 15.3. The Morgan fingerprint density at radius 2 is 1.78 bits per heavy atom. The first-order valence-electron chi connectivity index (χ1n) is 7.82. The molecule has 0 atom stereocenters. The number of rotatable bonds is 3. The van der Waals surface area contributed by atoms with Crippen LogP contribution in [-0.4, -0.2) is 17.0 Å². The Labute approximate surface area is 135 Å². The van der Waals surface area contributed by atoms with Crippen molar-refractivity contribution in [3.63, 3.8) is 0 Å². The zero-order chi connectivity index (χ0) is 16.4. The van der Waals surface area contributed by atoms with Gasteiger partial charge in [-0.3, -0.25) is 4.79 Å². The number of carboxylic acid groups (broad SMARTS) is 1. The van der Waals surface area contributed by atoms with Gasteiger partial charge in [-0.2, -0.15) is 0 Å². The highest BCUT2D eigenvalue weighted by Crippen LogP contribution is 2.24. The van der Waals surface area contributed by atoms with Crippen LogP contribution < -0.4 is 5.32 Å². The number of carbonyl (C=O) groups excluding carboxylic acids is 1. The Morgan fingerprint density at radius 3 is 2.52 bits per heavy atom. The molecule has 1 aliphatic rings. The van der Waals surface area contributed by atoms with Gasteiger partial charge in [0.15, 0.2) is 0 Å². The van der Waals surface area contributed by atoms with E-state index in [-0.39, 0.29) is 11.5 Å². The molecule has 0 aromatic heterocycles. The molecule has 0 saturated heterocycles. The van der Waals surface area contributed by atoms with Crippen LogP contribution in [0.3, 0.4) is 0 Å². The third-order valence-electron chi connectivity index (χ3n) is 4.35. The molecule has 0 saturated carbocycles. The number of para-hydroxylation sites is 1. The molecule has 2 aromatic carbocycles. The summed E-state index contributed by atoms with van der Waals surface area (Å²) in [6.07, 6.45) is 4.42. The molecule has 1 aliphatic carbocycles. The fourth-order valence-corrected chi connectivity index (χ4v) is 3.07. The van der Waals surface area contributed by atoms with Crippen molar-refractivity contribution in [3.05, 3.63) is 64.2 Å². The lowest BCUT2D eigenvalue weighted by Gasteiger charge is -2.17. The van der Waals surface area contributed by atoms with E-state index < -0.39 is 5.97 Å². The maximum Gasteiger partial charge on any atom is 0.337 e. The number of benzene rings is 2. The van der Waals surface area contributed by atoms with Gasteiger partial charge in [0.25, 0.3) is 5.91 Å². The quantitative estimate of drug-likeness (QED) is 0.905. The molecule has 4 heteroatoms. The summed E-state index contributed by atoms with van der Waals surface area (Å²) in [6, 6.07) is 10.7. The van der Waals surface area contributed by atoms with Crippen LogP contribution in [0.15, 0.2) is 36.4 Å². The van der Waals surface area contributed by atoms with Crippen LogP contribution in [0.1, 0.15) is 50.2 Å². The third-order valence-corrected chi connectivity index (χ3v) is 4.35. The number of carbonyl (C=O) groups is 2. The van der Waals surface area contributed by atoms with Crippen LogP contribution in [0.5, 0.6) is 0 Å². The summed E-state index contributed by atoms with van der Waals surface area (Å²) in [4.78, 5) is 23.9. The highest BCUT2D eigenvalue weighted by atomic mass is 16.4. The molecule has 2 aromatic rings. The molecule has 0 aliphatic heterocycles. The second kappa shape index (κ2) is 6.24. The topological polar surface area (TPSA) is 66.4 Å². The molecule has 0 spiro atoms. The lowest BCUT2D eigenvalue weighted by Crippen LogP contribution is -2.17. The first-order chi connectivity index (χ1) is 11.1. The number of anilines is 1. The van der Waals surface area contributed by atoms with E-state index in [2.05, 4.69) is 5.32 Å². The largest absolute Gasteiger partial charge is 0.478 e. The average molecular weight is 309 g/mol. The second-order valence-electron chi connectivity index (χ2n) is 5.95. The predicted octanol–water partition coefficient (Wildman–Crippen LogP) is 3.82. The van der Waals surface area contributed by atoms with Crippen molar-refractivity contribution in [1.82, 2.24) is 0 Å². The molecule has 23 heavy (non-hydrogen) atoms. The van der Waals surface area contributed by atoms with Crippen molar-refractivity contribution in [3.8, 4) is 0 Å². The molecule has 3 rings (SSSR count). The normalized spacial score (nSPS) is 13.3. The zero-order valence-electron chi connectivity index (χ0n) is 13.1. The van der Waals surface area contributed by atoms with E-state index in [4.69, 9.17) is 0 Å². The number of aryl methyl sites for hydroxylation is 3. The van der Waals surface area contributed by atoms with Gasteiger partial charge >= 0.3 is 5.97 Å². The minimum atomic E-state index is -1.05. The average Bonchev–Trinajstić information content (AvgIpc) is 2.56. The van der Waals surface area contributed by atoms with E-state index in [0.29, 0.717) is 11.3 Å². The highest BCUT2D eigenvalue weighted by molar-refractivity contribution is 6.08. The van der Waals surface area contributed by atoms with E-state index in [1.54, 1.807) is 19.1 Å². The summed E-state index contributed by atoms with van der Waals surface area (Å²) in [5.41, 5.74) is 4.32. The standard InChI is InChI=1S/C19H19NO3/c1-12-5-4-8-16(19(22)23)17(12)20-18(21)15-10-9-13-6-2-3-7-14(13)11-15/h4-5,8-11H,2-3,6-7H2,1H3,(H,20,21)(H,22,23). The Kier molecular flexibility index (Phi) is 4.15. The van der Waals surface area contributed by atoms with E-state index in [1.165, 1.54) is 23.6 Å². The number of amides is 1. The number of fused-ring (bicyclic) bond motifs is 1. The molecular formula is C19H19NO3. The molecule has 0 unspecified atom stereocenters. The van der Waals surface area contributed by atoms with Crippen LogP contribution in [0, 0.1) is 6.92 Å². The van der Waals surface area contributed by atoms with Gasteiger partial charge in [-0.15, -0.1) is 0 Å². The van der Waals surface area contributed by atoms with Crippen LogP contribution >= 0.6 is 0 Å². The molecule has 118 valence electrons. The Bertz CT molecular complexity index is 780. The molecule has 0 fully saturated rings. The summed E-state index contributed by atoms with van der Waals surface area (Å²) >= 11 is 0. The van der Waals surface area contributed by atoms with Crippen molar-refractivity contribution < 1.29 is 14.7 Å². The molecule has 0 heterocycles. The molecular weight excluding hydrogens is 290 g/mol. The Hall–Kier alpha value is -2.62. The van der Waals surface area contributed by atoms with E-state index in [9.17, 15) is 14.7 Å². The SMILES string of the molecule is Cc1cccc(C(=O)O)c1NC(=O)c1ccc2c(c1)CCCC2. The maximum absolute atomic E-state index is 12.5. The smallest absolute Gasteiger partial charge is 0.337 e. The van der Waals surface area contributed by atoms with Crippen LogP contribution in [0.4, 0.5) is 5.69 Å². The fourth-order valence-electron chi connectivity index (χ4n) is 3.07. The van der Waals surface area contributed by atoms with Crippen molar-refractivity contribution in [2.75, 3.05) is 5.32 Å².